The second-order valence-corrected chi connectivity index (χ2v) is 9.29. The van der Waals surface area contributed by atoms with Gasteiger partial charge in [0.2, 0.25) is 0 Å². The first-order chi connectivity index (χ1) is 14.4. The van der Waals surface area contributed by atoms with Crippen LogP contribution in [0.25, 0.3) is 0 Å². The van der Waals surface area contributed by atoms with E-state index in [1.165, 1.54) is 17.7 Å². The van der Waals surface area contributed by atoms with E-state index in [0.717, 1.165) is 32.3 Å². The second-order valence-electron chi connectivity index (χ2n) is 6.87. The number of nitrogens with one attached hydrogen (secondary N) is 1. The number of aromatic nitrogens is 1. The second kappa shape index (κ2) is 10.4. The van der Waals surface area contributed by atoms with E-state index in [4.69, 9.17) is 11.6 Å². The lowest BCUT2D eigenvalue weighted by Crippen LogP contribution is -2.38. The lowest BCUT2D eigenvalue weighted by Gasteiger charge is -2.04. The Morgan fingerprint density at radius 1 is 0.967 bits per heavy atom. The van der Waals surface area contributed by atoms with E-state index in [9.17, 15) is 8.42 Å². The zero-order valence-electron chi connectivity index (χ0n) is 16.7. The number of benzene rings is 2. The molecule has 0 unspecified atom stereocenters. The van der Waals surface area contributed by atoms with E-state index >= 15 is 0 Å². The maximum atomic E-state index is 11.6. The zero-order chi connectivity index (χ0) is 21.4. The number of sulfone groups is 1. The Morgan fingerprint density at radius 2 is 1.70 bits per heavy atom. The van der Waals surface area contributed by atoms with Crippen molar-refractivity contribution in [1.29, 1.82) is 0 Å². The molecule has 0 saturated heterocycles. The van der Waals surface area contributed by atoms with Gasteiger partial charge in [0.05, 0.1) is 22.2 Å². The summed E-state index contributed by atoms with van der Waals surface area (Å²) < 4.78 is 25.3. The highest BCUT2D eigenvalue weighted by atomic mass is 35.5. The number of hydrogen-bond donors (Lipinski definition) is 1. The summed E-state index contributed by atoms with van der Waals surface area (Å²) in [7, 11) is -3.30. The molecule has 2 aromatic carbocycles. The average molecular weight is 444 g/mol. The normalized spacial score (nSPS) is 11.8. The highest BCUT2D eigenvalue weighted by Crippen LogP contribution is 2.29. The van der Waals surface area contributed by atoms with Crippen molar-refractivity contribution in [3.05, 3.63) is 83.6 Å². The Bertz CT molecular complexity index is 1100. The smallest absolute Gasteiger partial charge is 0.175 e. The Labute approximate surface area is 182 Å². The highest BCUT2D eigenvalue weighted by Gasteiger charge is 2.09. The first kappa shape index (κ1) is 22.1. The fraction of sp³-hybridized carbons (Fsp3) is 0.227. The molecule has 0 fully saturated rings. The SMILES string of the molecule is CS(=O)(=O)c1ccc(N=Nc2ccc(CCNCC[n+]3ccccc3)cc2)c(Cl)c1. The summed E-state index contributed by atoms with van der Waals surface area (Å²) in [5.74, 6) is 0. The Balaban J connectivity index is 1.48. The topological polar surface area (TPSA) is 74.8 Å². The van der Waals surface area contributed by atoms with Gasteiger partial charge in [-0.2, -0.15) is 5.11 Å². The first-order valence-corrected chi connectivity index (χ1v) is 11.8. The molecule has 0 aliphatic heterocycles. The first-order valence-electron chi connectivity index (χ1n) is 9.57. The minimum absolute atomic E-state index is 0.159. The quantitative estimate of drug-likeness (QED) is 0.304. The molecule has 30 heavy (non-hydrogen) atoms. The fourth-order valence-corrected chi connectivity index (χ4v) is 3.72. The molecule has 3 rings (SSSR count). The van der Waals surface area contributed by atoms with Crippen LogP contribution in [0.15, 0.2) is 88.2 Å². The van der Waals surface area contributed by atoms with E-state index in [2.05, 4.69) is 32.5 Å². The van der Waals surface area contributed by atoms with Crippen LogP contribution in [0.1, 0.15) is 5.56 Å². The predicted molar refractivity (Wildman–Crippen MR) is 118 cm³/mol. The van der Waals surface area contributed by atoms with Crippen molar-refractivity contribution in [3.8, 4) is 0 Å². The van der Waals surface area contributed by atoms with Crippen LogP contribution >= 0.6 is 11.6 Å². The Hall–Kier alpha value is -2.61. The maximum absolute atomic E-state index is 11.6. The van der Waals surface area contributed by atoms with E-state index in [-0.39, 0.29) is 9.92 Å². The van der Waals surface area contributed by atoms with Gasteiger partial charge in [-0.15, -0.1) is 5.11 Å². The van der Waals surface area contributed by atoms with Gasteiger partial charge in [0, 0.05) is 18.4 Å². The zero-order valence-corrected chi connectivity index (χ0v) is 18.3. The van der Waals surface area contributed by atoms with Gasteiger partial charge in [0.15, 0.2) is 28.8 Å². The molecule has 0 radical (unpaired) electrons. The molecule has 156 valence electrons. The van der Waals surface area contributed by atoms with Crippen LogP contribution in [0, 0.1) is 0 Å². The number of pyridine rings is 1. The van der Waals surface area contributed by atoms with Gasteiger partial charge in [0.25, 0.3) is 0 Å². The van der Waals surface area contributed by atoms with Crippen molar-refractivity contribution in [2.24, 2.45) is 10.2 Å². The Morgan fingerprint density at radius 3 is 2.37 bits per heavy atom. The van der Waals surface area contributed by atoms with Crippen LogP contribution in [0.5, 0.6) is 0 Å². The summed E-state index contributed by atoms with van der Waals surface area (Å²) in [6.07, 6.45) is 6.18. The lowest BCUT2D eigenvalue weighted by molar-refractivity contribution is -0.695. The van der Waals surface area contributed by atoms with Crippen LogP contribution in [0.4, 0.5) is 11.4 Å². The van der Waals surface area contributed by atoms with Crippen LogP contribution in [0.3, 0.4) is 0 Å². The molecule has 6 nitrogen and oxygen atoms in total. The summed E-state index contributed by atoms with van der Waals surface area (Å²) in [5, 5.41) is 12.0. The van der Waals surface area contributed by atoms with Gasteiger partial charge < -0.3 is 5.32 Å². The van der Waals surface area contributed by atoms with E-state index in [1.807, 2.05) is 42.5 Å². The molecule has 1 N–H and O–H groups in total. The third-order valence-electron chi connectivity index (χ3n) is 4.47. The van der Waals surface area contributed by atoms with Gasteiger partial charge in [0.1, 0.15) is 5.69 Å². The van der Waals surface area contributed by atoms with E-state index < -0.39 is 9.84 Å². The van der Waals surface area contributed by atoms with Gasteiger partial charge in [-0.25, -0.2) is 13.0 Å². The molecule has 8 heteroatoms. The number of rotatable bonds is 9. The van der Waals surface area contributed by atoms with Crippen LogP contribution in [-0.2, 0) is 22.8 Å². The minimum atomic E-state index is -3.30. The summed E-state index contributed by atoms with van der Waals surface area (Å²) in [6, 6.07) is 18.3. The molecule has 0 aliphatic rings. The molecule has 0 bridgehead atoms. The molecule has 0 aliphatic carbocycles. The molecule has 0 atom stereocenters. The summed E-state index contributed by atoms with van der Waals surface area (Å²) in [5.41, 5.74) is 2.34. The van der Waals surface area contributed by atoms with Crippen molar-refractivity contribution in [2.75, 3.05) is 19.3 Å². The molecule has 1 aromatic heterocycles. The molecule has 0 spiro atoms. The number of nitrogens with zero attached hydrogens (tertiary/aromatic N) is 3. The van der Waals surface area contributed by atoms with Crippen LogP contribution in [0.2, 0.25) is 5.02 Å². The molecule has 3 aromatic rings. The standard InChI is InChI=1S/C22H24ClN4O2S/c1-30(28,29)20-9-10-22(21(23)17-20)26-25-19-7-5-18(6-8-19)11-12-24-13-16-27-14-3-2-4-15-27/h2-10,14-15,17,24H,11-13,16H2,1H3/q+1. The number of hydrogen-bond acceptors (Lipinski definition) is 5. The van der Waals surface area contributed by atoms with Crippen molar-refractivity contribution < 1.29 is 13.0 Å². The lowest BCUT2D eigenvalue weighted by atomic mass is 10.1. The van der Waals surface area contributed by atoms with Gasteiger partial charge in [-0.1, -0.05) is 29.8 Å². The molecule has 1 heterocycles. The number of halogens is 1. The molecular formula is C22H24ClN4O2S+. The summed E-state index contributed by atoms with van der Waals surface area (Å²) >= 11 is 6.12. The van der Waals surface area contributed by atoms with Crippen molar-refractivity contribution in [1.82, 2.24) is 5.32 Å². The van der Waals surface area contributed by atoms with Gasteiger partial charge >= 0.3 is 0 Å². The monoisotopic (exact) mass is 443 g/mol. The van der Waals surface area contributed by atoms with Gasteiger partial charge in [-0.05, 0) is 48.9 Å². The van der Waals surface area contributed by atoms with E-state index in [1.54, 1.807) is 6.07 Å². The minimum Gasteiger partial charge on any atom is -0.311 e. The van der Waals surface area contributed by atoms with Crippen molar-refractivity contribution in [3.63, 3.8) is 0 Å². The molecule has 0 amide bonds. The predicted octanol–water partition coefficient (Wildman–Crippen LogP) is 4.28. The third-order valence-corrected chi connectivity index (χ3v) is 5.88. The molecule has 0 saturated carbocycles. The third kappa shape index (κ3) is 6.73. The van der Waals surface area contributed by atoms with E-state index in [0.29, 0.717) is 11.4 Å². The van der Waals surface area contributed by atoms with Gasteiger partial charge in [-0.3, -0.25) is 0 Å². The van der Waals surface area contributed by atoms with Crippen molar-refractivity contribution >= 4 is 32.8 Å². The largest absolute Gasteiger partial charge is 0.311 e. The van der Waals surface area contributed by atoms with Crippen LogP contribution < -0.4 is 9.88 Å². The Kier molecular flexibility index (Phi) is 7.68. The summed E-state index contributed by atoms with van der Waals surface area (Å²) in [6.45, 7) is 2.75. The molecular weight excluding hydrogens is 420 g/mol. The van der Waals surface area contributed by atoms with Crippen molar-refractivity contribution in [2.45, 2.75) is 17.9 Å². The summed E-state index contributed by atoms with van der Waals surface area (Å²) in [4.78, 5) is 0.159. The fourth-order valence-electron chi connectivity index (χ4n) is 2.79. The average Bonchev–Trinajstić information content (AvgIpc) is 2.73. The highest BCUT2D eigenvalue weighted by molar-refractivity contribution is 7.90. The maximum Gasteiger partial charge on any atom is 0.175 e. The van der Waals surface area contributed by atoms with Crippen LogP contribution in [-0.4, -0.2) is 27.8 Å². The number of azo groups is 1.